The Bertz CT molecular complexity index is 593. The minimum absolute atomic E-state index is 0.0213. The van der Waals surface area contributed by atoms with Gasteiger partial charge in [0.05, 0.1) is 0 Å². The molecule has 98 valence electrons. The zero-order chi connectivity index (χ0) is 13.8. The summed E-state index contributed by atoms with van der Waals surface area (Å²) in [6.45, 7) is 6.56. The van der Waals surface area contributed by atoms with Crippen molar-refractivity contribution in [2.24, 2.45) is 0 Å². The number of hydrogen-bond acceptors (Lipinski definition) is 2. The topological polar surface area (TPSA) is 33.2 Å². The number of aryl methyl sites for hydroxylation is 2. The SMILES string of the molecule is CCN(C(=O)c1ccncc1C)c1cccc(C)c1. The Morgan fingerprint density at radius 2 is 2.05 bits per heavy atom. The molecule has 1 heterocycles. The van der Waals surface area contributed by atoms with Gasteiger partial charge in [-0.05, 0) is 50.1 Å². The molecular weight excluding hydrogens is 236 g/mol. The fraction of sp³-hybridized carbons (Fsp3) is 0.250. The van der Waals surface area contributed by atoms with E-state index in [1.54, 1.807) is 23.4 Å². The largest absolute Gasteiger partial charge is 0.309 e. The van der Waals surface area contributed by atoms with Crippen molar-refractivity contribution >= 4 is 11.6 Å². The highest BCUT2D eigenvalue weighted by Crippen LogP contribution is 2.19. The molecule has 0 saturated heterocycles. The maximum Gasteiger partial charge on any atom is 0.258 e. The lowest BCUT2D eigenvalue weighted by atomic mass is 10.1. The lowest BCUT2D eigenvalue weighted by Crippen LogP contribution is -2.31. The fourth-order valence-corrected chi connectivity index (χ4v) is 2.10. The molecule has 1 aromatic carbocycles. The highest BCUT2D eigenvalue weighted by molar-refractivity contribution is 6.06. The average Bonchev–Trinajstić information content (AvgIpc) is 2.40. The minimum atomic E-state index is 0.0213. The van der Waals surface area contributed by atoms with Gasteiger partial charge in [-0.3, -0.25) is 9.78 Å². The van der Waals surface area contributed by atoms with E-state index in [0.29, 0.717) is 12.1 Å². The van der Waals surface area contributed by atoms with E-state index in [1.165, 1.54) is 0 Å². The molecule has 0 fully saturated rings. The maximum atomic E-state index is 12.6. The lowest BCUT2D eigenvalue weighted by Gasteiger charge is -2.22. The molecule has 0 atom stereocenters. The van der Waals surface area contributed by atoms with Crippen LogP contribution < -0.4 is 4.90 Å². The van der Waals surface area contributed by atoms with Crippen LogP contribution in [0.3, 0.4) is 0 Å². The number of amides is 1. The summed E-state index contributed by atoms with van der Waals surface area (Å²) in [6.07, 6.45) is 3.38. The number of carbonyl (C=O) groups excluding carboxylic acids is 1. The maximum absolute atomic E-state index is 12.6. The molecule has 19 heavy (non-hydrogen) atoms. The summed E-state index contributed by atoms with van der Waals surface area (Å²) in [6, 6.07) is 9.76. The van der Waals surface area contributed by atoms with Crippen molar-refractivity contribution in [3.05, 3.63) is 59.4 Å². The number of anilines is 1. The van der Waals surface area contributed by atoms with E-state index >= 15 is 0 Å². The predicted molar refractivity (Wildman–Crippen MR) is 77.5 cm³/mol. The van der Waals surface area contributed by atoms with E-state index in [0.717, 1.165) is 16.8 Å². The fourth-order valence-electron chi connectivity index (χ4n) is 2.10. The van der Waals surface area contributed by atoms with Crippen molar-refractivity contribution in [1.82, 2.24) is 4.98 Å². The number of benzene rings is 1. The van der Waals surface area contributed by atoms with Crippen molar-refractivity contribution in [2.45, 2.75) is 20.8 Å². The summed E-state index contributed by atoms with van der Waals surface area (Å²) in [7, 11) is 0. The Morgan fingerprint density at radius 3 is 2.68 bits per heavy atom. The van der Waals surface area contributed by atoms with Crippen LogP contribution in [0.5, 0.6) is 0 Å². The Morgan fingerprint density at radius 1 is 1.26 bits per heavy atom. The summed E-state index contributed by atoms with van der Waals surface area (Å²) >= 11 is 0. The third kappa shape index (κ3) is 2.81. The van der Waals surface area contributed by atoms with Crippen LogP contribution in [0, 0.1) is 13.8 Å². The molecular formula is C16H18N2O. The molecule has 0 radical (unpaired) electrons. The van der Waals surface area contributed by atoms with E-state index in [4.69, 9.17) is 0 Å². The molecule has 1 amide bonds. The van der Waals surface area contributed by atoms with Gasteiger partial charge in [-0.25, -0.2) is 0 Å². The molecule has 0 aliphatic rings. The van der Waals surface area contributed by atoms with Crippen LogP contribution in [-0.4, -0.2) is 17.4 Å². The predicted octanol–water partition coefficient (Wildman–Crippen LogP) is 3.37. The van der Waals surface area contributed by atoms with Gasteiger partial charge in [0.1, 0.15) is 0 Å². The van der Waals surface area contributed by atoms with Crippen molar-refractivity contribution in [3.63, 3.8) is 0 Å². The summed E-state index contributed by atoms with van der Waals surface area (Å²) < 4.78 is 0. The van der Waals surface area contributed by atoms with Gasteiger partial charge in [-0.1, -0.05) is 12.1 Å². The average molecular weight is 254 g/mol. The Labute approximate surface area is 113 Å². The quantitative estimate of drug-likeness (QED) is 0.841. The third-order valence-corrected chi connectivity index (χ3v) is 3.13. The van der Waals surface area contributed by atoms with Crippen molar-refractivity contribution in [1.29, 1.82) is 0 Å². The molecule has 2 rings (SSSR count). The molecule has 3 nitrogen and oxygen atoms in total. The summed E-state index contributed by atoms with van der Waals surface area (Å²) in [5.74, 6) is 0.0213. The van der Waals surface area contributed by atoms with Gasteiger partial charge in [0.25, 0.3) is 5.91 Å². The zero-order valence-electron chi connectivity index (χ0n) is 11.6. The van der Waals surface area contributed by atoms with E-state index in [-0.39, 0.29) is 5.91 Å². The highest BCUT2D eigenvalue weighted by atomic mass is 16.2. The first-order valence-corrected chi connectivity index (χ1v) is 6.42. The number of carbonyl (C=O) groups is 1. The van der Waals surface area contributed by atoms with Crippen LogP contribution in [0.1, 0.15) is 28.4 Å². The Kier molecular flexibility index (Phi) is 3.95. The standard InChI is InChI=1S/C16H18N2O/c1-4-18(14-7-5-6-12(2)10-14)16(19)15-8-9-17-11-13(15)3/h5-11H,4H2,1-3H3. The van der Waals surface area contributed by atoms with E-state index in [1.807, 2.05) is 45.0 Å². The van der Waals surface area contributed by atoms with E-state index in [9.17, 15) is 4.79 Å². The minimum Gasteiger partial charge on any atom is -0.309 e. The van der Waals surface area contributed by atoms with Crippen LogP contribution in [0.25, 0.3) is 0 Å². The Balaban J connectivity index is 2.38. The molecule has 0 bridgehead atoms. The monoisotopic (exact) mass is 254 g/mol. The normalized spacial score (nSPS) is 10.3. The summed E-state index contributed by atoms with van der Waals surface area (Å²) in [5, 5.41) is 0. The second-order valence-corrected chi connectivity index (χ2v) is 4.58. The first kappa shape index (κ1) is 13.3. The second kappa shape index (κ2) is 5.65. The van der Waals surface area contributed by atoms with Gasteiger partial charge in [0.15, 0.2) is 0 Å². The molecule has 0 unspecified atom stereocenters. The summed E-state index contributed by atoms with van der Waals surface area (Å²) in [5.41, 5.74) is 3.69. The summed E-state index contributed by atoms with van der Waals surface area (Å²) in [4.78, 5) is 18.4. The number of rotatable bonds is 3. The van der Waals surface area contributed by atoms with Crippen LogP contribution in [0.15, 0.2) is 42.7 Å². The molecule has 0 saturated carbocycles. The van der Waals surface area contributed by atoms with Crippen LogP contribution in [-0.2, 0) is 0 Å². The number of pyridine rings is 1. The zero-order valence-corrected chi connectivity index (χ0v) is 11.6. The molecule has 0 aliphatic heterocycles. The Hall–Kier alpha value is -2.16. The number of hydrogen-bond donors (Lipinski definition) is 0. The van der Waals surface area contributed by atoms with E-state index in [2.05, 4.69) is 4.98 Å². The van der Waals surface area contributed by atoms with Gasteiger partial charge < -0.3 is 4.90 Å². The second-order valence-electron chi connectivity index (χ2n) is 4.58. The molecule has 3 heteroatoms. The molecule has 0 spiro atoms. The van der Waals surface area contributed by atoms with Gasteiger partial charge in [0, 0.05) is 30.2 Å². The first-order valence-electron chi connectivity index (χ1n) is 6.42. The van der Waals surface area contributed by atoms with Gasteiger partial charge >= 0.3 is 0 Å². The highest BCUT2D eigenvalue weighted by Gasteiger charge is 2.17. The van der Waals surface area contributed by atoms with Crippen LogP contribution in [0.2, 0.25) is 0 Å². The smallest absolute Gasteiger partial charge is 0.258 e. The van der Waals surface area contributed by atoms with Crippen LogP contribution in [0.4, 0.5) is 5.69 Å². The van der Waals surface area contributed by atoms with Gasteiger partial charge in [-0.2, -0.15) is 0 Å². The number of aromatic nitrogens is 1. The van der Waals surface area contributed by atoms with Gasteiger partial charge in [-0.15, -0.1) is 0 Å². The lowest BCUT2D eigenvalue weighted by molar-refractivity contribution is 0.0987. The first-order chi connectivity index (χ1) is 9.13. The van der Waals surface area contributed by atoms with Crippen LogP contribution >= 0.6 is 0 Å². The van der Waals surface area contributed by atoms with E-state index < -0.39 is 0 Å². The third-order valence-electron chi connectivity index (χ3n) is 3.13. The molecule has 2 aromatic rings. The van der Waals surface area contributed by atoms with Crippen molar-refractivity contribution in [2.75, 3.05) is 11.4 Å². The van der Waals surface area contributed by atoms with Crippen molar-refractivity contribution in [3.8, 4) is 0 Å². The molecule has 0 aliphatic carbocycles. The number of nitrogens with zero attached hydrogens (tertiary/aromatic N) is 2. The van der Waals surface area contributed by atoms with Gasteiger partial charge in [0.2, 0.25) is 0 Å². The molecule has 0 N–H and O–H groups in total. The van der Waals surface area contributed by atoms with Crippen molar-refractivity contribution < 1.29 is 4.79 Å². The molecule has 1 aromatic heterocycles.